The van der Waals surface area contributed by atoms with Crippen LogP contribution in [0.25, 0.3) is 0 Å². The van der Waals surface area contributed by atoms with E-state index in [2.05, 4.69) is 51.8 Å². The first-order valence-corrected chi connectivity index (χ1v) is 12.9. The third-order valence-electron chi connectivity index (χ3n) is 5.58. The van der Waals surface area contributed by atoms with E-state index >= 15 is 0 Å². The number of oxime groups is 1. The number of rotatable bonds is 15. The topological polar surface area (TPSA) is 116 Å². The summed E-state index contributed by atoms with van der Waals surface area (Å²) in [5.74, 6) is 0.918. The maximum absolute atomic E-state index is 12.4. The monoisotopic (exact) mass is 507 g/mol. The molecule has 2 heterocycles. The summed E-state index contributed by atoms with van der Waals surface area (Å²) >= 11 is 0. The van der Waals surface area contributed by atoms with Crippen LogP contribution in [0.3, 0.4) is 0 Å². The van der Waals surface area contributed by atoms with Crippen LogP contribution in [0.1, 0.15) is 76.4 Å². The highest BCUT2D eigenvalue weighted by molar-refractivity contribution is 6.10. The van der Waals surface area contributed by atoms with Crippen LogP contribution < -0.4 is 5.32 Å². The van der Waals surface area contributed by atoms with Gasteiger partial charge in [-0.3, -0.25) is 4.79 Å². The van der Waals surface area contributed by atoms with E-state index in [1.807, 2.05) is 42.5 Å². The molecular weight excluding hydrogens is 470 g/mol. The Kier molecular flexibility index (Phi) is 11.2. The number of carbonyl (C=O) groups is 1. The summed E-state index contributed by atoms with van der Waals surface area (Å²) in [6.45, 7) is 6.42. The molecule has 0 fully saturated rings. The number of nitrogens with one attached hydrogen (secondary N) is 1. The van der Waals surface area contributed by atoms with Gasteiger partial charge in [0.25, 0.3) is 0 Å². The Balaban J connectivity index is 1.51. The van der Waals surface area contributed by atoms with Crippen molar-refractivity contribution in [3.8, 4) is 0 Å². The summed E-state index contributed by atoms with van der Waals surface area (Å²) in [6, 6.07) is 15.0. The molecule has 198 valence electrons. The normalized spacial score (nSPS) is 12.5. The molecule has 3 aromatic rings. The van der Waals surface area contributed by atoms with Crippen molar-refractivity contribution < 1.29 is 14.4 Å². The number of amides is 1. The van der Waals surface area contributed by atoms with Gasteiger partial charge in [-0.2, -0.15) is 0 Å². The molecule has 2 aromatic heterocycles. The first-order chi connectivity index (χ1) is 18.0. The molecule has 3 rings (SSSR count). The van der Waals surface area contributed by atoms with E-state index in [4.69, 9.17) is 9.57 Å². The number of aryl methyl sites for hydroxylation is 1. The molecule has 1 atom stereocenters. The molecule has 0 saturated carbocycles. The van der Waals surface area contributed by atoms with Gasteiger partial charge in [0.2, 0.25) is 11.7 Å². The summed E-state index contributed by atoms with van der Waals surface area (Å²) in [5, 5.41) is 18.8. The summed E-state index contributed by atoms with van der Waals surface area (Å²) in [6.07, 6.45) is 5.82. The molecule has 1 aromatic carbocycles. The summed E-state index contributed by atoms with van der Waals surface area (Å²) in [7, 11) is 1.74. The highest BCUT2D eigenvalue weighted by Gasteiger charge is 2.15. The maximum Gasteiger partial charge on any atom is 0.225 e. The quantitative estimate of drug-likeness (QED) is 0.181. The van der Waals surface area contributed by atoms with Crippen LogP contribution in [0.4, 0.5) is 5.82 Å². The SMILES string of the molecule is CCCC(CCCCC(=O)Nc1cccc(CON=C(c2ccccc2)c2nnnn2C)n1)OC(C)C. The molecule has 1 unspecified atom stereocenters. The predicted molar refractivity (Wildman–Crippen MR) is 142 cm³/mol. The zero-order valence-electron chi connectivity index (χ0n) is 22.1. The number of hydrogen-bond acceptors (Lipinski definition) is 8. The fourth-order valence-corrected chi connectivity index (χ4v) is 3.89. The van der Waals surface area contributed by atoms with Crippen LogP contribution in [0.2, 0.25) is 0 Å². The summed E-state index contributed by atoms with van der Waals surface area (Å²) in [5.41, 5.74) is 1.97. The first-order valence-electron chi connectivity index (χ1n) is 12.9. The minimum Gasteiger partial charge on any atom is -0.389 e. The lowest BCUT2D eigenvalue weighted by Crippen LogP contribution is -2.18. The first kappa shape index (κ1) is 27.9. The number of pyridine rings is 1. The van der Waals surface area contributed by atoms with Crippen LogP contribution in [-0.4, -0.2) is 49.0 Å². The fraction of sp³-hybridized carbons (Fsp3) is 0.481. The largest absolute Gasteiger partial charge is 0.389 e. The molecule has 37 heavy (non-hydrogen) atoms. The number of anilines is 1. The van der Waals surface area contributed by atoms with Gasteiger partial charge >= 0.3 is 0 Å². The van der Waals surface area contributed by atoms with Gasteiger partial charge in [0.05, 0.1) is 17.9 Å². The van der Waals surface area contributed by atoms with Crippen molar-refractivity contribution in [1.29, 1.82) is 0 Å². The van der Waals surface area contributed by atoms with Crippen LogP contribution in [0.15, 0.2) is 53.7 Å². The summed E-state index contributed by atoms with van der Waals surface area (Å²) in [4.78, 5) is 22.5. The number of nitrogens with zero attached hydrogens (tertiary/aromatic N) is 6. The van der Waals surface area contributed by atoms with Gasteiger partial charge in [-0.25, -0.2) is 9.67 Å². The highest BCUT2D eigenvalue weighted by atomic mass is 16.6. The number of ether oxygens (including phenoxy) is 1. The number of carbonyl (C=O) groups excluding carboxylic acids is 1. The van der Waals surface area contributed by atoms with Crippen LogP contribution in [-0.2, 0) is 28.0 Å². The highest BCUT2D eigenvalue weighted by Crippen LogP contribution is 2.15. The van der Waals surface area contributed by atoms with Crippen LogP contribution in [0, 0.1) is 0 Å². The van der Waals surface area contributed by atoms with E-state index in [1.165, 1.54) is 4.68 Å². The fourth-order valence-electron chi connectivity index (χ4n) is 3.89. The lowest BCUT2D eigenvalue weighted by molar-refractivity contribution is -0.116. The minimum atomic E-state index is -0.0541. The van der Waals surface area contributed by atoms with Crippen molar-refractivity contribution in [2.45, 2.75) is 78.1 Å². The Morgan fingerprint density at radius 2 is 1.89 bits per heavy atom. The summed E-state index contributed by atoms with van der Waals surface area (Å²) < 4.78 is 7.50. The third-order valence-corrected chi connectivity index (χ3v) is 5.58. The lowest BCUT2D eigenvalue weighted by atomic mass is 10.1. The molecule has 1 N–H and O–H groups in total. The second kappa shape index (κ2) is 14.8. The molecule has 0 aliphatic rings. The number of benzene rings is 1. The molecule has 10 heteroatoms. The molecule has 0 aliphatic carbocycles. The zero-order valence-corrected chi connectivity index (χ0v) is 22.1. The second-order valence-electron chi connectivity index (χ2n) is 9.11. The molecular formula is C27H37N7O3. The van der Waals surface area contributed by atoms with Crippen LogP contribution >= 0.6 is 0 Å². The number of tetrazole rings is 1. The second-order valence-corrected chi connectivity index (χ2v) is 9.11. The molecule has 0 radical (unpaired) electrons. The van der Waals surface area contributed by atoms with Crippen LogP contribution in [0.5, 0.6) is 0 Å². The number of unbranched alkanes of at least 4 members (excludes halogenated alkanes) is 1. The van der Waals surface area contributed by atoms with E-state index in [-0.39, 0.29) is 24.7 Å². The molecule has 1 amide bonds. The van der Waals surface area contributed by atoms with Crippen molar-refractivity contribution in [3.63, 3.8) is 0 Å². The van der Waals surface area contributed by atoms with Gasteiger partial charge in [-0.15, -0.1) is 5.10 Å². The molecule has 10 nitrogen and oxygen atoms in total. The molecule has 0 saturated heterocycles. The van der Waals surface area contributed by atoms with Gasteiger partial charge in [-0.05, 0) is 55.7 Å². The predicted octanol–water partition coefficient (Wildman–Crippen LogP) is 4.67. The Labute approximate surface area is 218 Å². The number of hydrogen-bond donors (Lipinski definition) is 1. The van der Waals surface area contributed by atoms with E-state index < -0.39 is 0 Å². The minimum absolute atomic E-state index is 0.0541. The average molecular weight is 508 g/mol. The number of aromatic nitrogens is 5. The smallest absolute Gasteiger partial charge is 0.225 e. The molecule has 0 aliphatic heterocycles. The molecule has 0 bridgehead atoms. The van der Waals surface area contributed by atoms with Gasteiger partial charge in [0, 0.05) is 19.0 Å². The molecule has 0 spiro atoms. The standard InChI is InChI=1S/C27H37N7O3/c1-5-12-23(37-20(2)3)16-9-10-18-25(35)29-24-17-11-15-22(28-24)19-36-31-26(21-13-7-6-8-14-21)27-30-32-33-34(27)4/h6-8,11,13-15,17,20,23H,5,9-10,12,16,18-19H2,1-4H3,(H,28,29,35). The Morgan fingerprint density at radius 3 is 2.59 bits per heavy atom. The van der Waals surface area contributed by atoms with Gasteiger partial charge in [-0.1, -0.05) is 61.3 Å². The average Bonchev–Trinajstić information content (AvgIpc) is 3.30. The van der Waals surface area contributed by atoms with Gasteiger partial charge in [0.15, 0.2) is 12.3 Å². The Hall–Kier alpha value is -3.66. The Morgan fingerprint density at radius 1 is 1.08 bits per heavy atom. The Bertz CT molecular complexity index is 1130. The van der Waals surface area contributed by atoms with Gasteiger partial charge < -0.3 is 14.9 Å². The van der Waals surface area contributed by atoms with Crippen molar-refractivity contribution in [2.75, 3.05) is 5.32 Å². The zero-order chi connectivity index (χ0) is 26.5. The van der Waals surface area contributed by atoms with E-state index in [0.29, 0.717) is 29.5 Å². The van der Waals surface area contributed by atoms with Crippen molar-refractivity contribution >= 4 is 17.4 Å². The van der Waals surface area contributed by atoms with Crippen molar-refractivity contribution in [3.05, 3.63) is 65.6 Å². The lowest BCUT2D eigenvalue weighted by Gasteiger charge is -2.19. The third kappa shape index (κ3) is 9.38. The van der Waals surface area contributed by atoms with Crippen molar-refractivity contribution in [1.82, 2.24) is 25.2 Å². The van der Waals surface area contributed by atoms with E-state index in [9.17, 15) is 4.79 Å². The maximum atomic E-state index is 12.4. The van der Waals surface area contributed by atoms with Crippen molar-refractivity contribution in [2.24, 2.45) is 12.2 Å². The van der Waals surface area contributed by atoms with E-state index in [1.54, 1.807) is 13.1 Å². The van der Waals surface area contributed by atoms with Gasteiger partial charge in [0.1, 0.15) is 5.82 Å². The van der Waals surface area contributed by atoms with E-state index in [0.717, 1.165) is 37.7 Å².